The molecule has 0 bridgehead atoms. The number of nitrogens with zero attached hydrogens (tertiary/aromatic N) is 1. The van der Waals surface area contributed by atoms with Crippen molar-refractivity contribution in [1.82, 2.24) is 5.32 Å². The zero-order valence-corrected chi connectivity index (χ0v) is 14.8. The van der Waals surface area contributed by atoms with Gasteiger partial charge in [0.2, 0.25) is 0 Å². The summed E-state index contributed by atoms with van der Waals surface area (Å²) in [7, 11) is 0. The van der Waals surface area contributed by atoms with Gasteiger partial charge in [0, 0.05) is 11.4 Å². The van der Waals surface area contributed by atoms with Gasteiger partial charge < -0.3 is 10.1 Å². The number of amidine groups is 1. The van der Waals surface area contributed by atoms with Crippen LogP contribution in [0.5, 0.6) is 0 Å². The zero-order valence-electron chi connectivity index (χ0n) is 14.0. The Hall–Kier alpha value is -1.75. The second kappa shape index (κ2) is 8.77. The van der Waals surface area contributed by atoms with Crippen LogP contribution in [0, 0.1) is 0 Å². The molecular formula is C18H24N2O2S. The fraction of sp³-hybridized carbons (Fsp3) is 0.444. The first-order valence-corrected chi connectivity index (χ1v) is 9.06. The number of hydrogen-bond acceptors (Lipinski definition) is 5. The topological polar surface area (TPSA) is 50.7 Å². The maximum Gasteiger partial charge on any atom is 0.338 e. The molecule has 1 N–H and O–H groups in total. The van der Waals surface area contributed by atoms with Gasteiger partial charge in [0.15, 0.2) is 5.17 Å². The van der Waals surface area contributed by atoms with Crippen molar-refractivity contribution in [1.29, 1.82) is 0 Å². The third-order valence-electron chi connectivity index (χ3n) is 3.57. The highest BCUT2D eigenvalue weighted by Gasteiger charge is 2.30. The smallest absolute Gasteiger partial charge is 0.338 e. The van der Waals surface area contributed by atoms with Gasteiger partial charge in [-0.05, 0) is 25.8 Å². The number of benzene rings is 1. The molecule has 1 aliphatic rings. The molecule has 4 nitrogen and oxygen atoms in total. The molecule has 1 aromatic rings. The second-order valence-electron chi connectivity index (χ2n) is 5.33. The molecule has 1 aromatic carbocycles. The van der Waals surface area contributed by atoms with Gasteiger partial charge >= 0.3 is 5.97 Å². The molecule has 23 heavy (non-hydrogen) atoms. The lowest BCUT2D eigenvalue weighted by Gasteiger charge is -2.25. The van der Waals surface area contributed by atoms with Crippen LogP contribution >= 0.6 is 11.8 Å². The fourth-order valence-electron chi connectivity index (χ4n) is 2.38. The van der Waals surface area contributed by atoms with Gasteiger partial charge in [-0.2, -0.15) is 0 Å². The highest BCUT2D eigenvalue weighted by molar-refractivity contribution is 8.13. The number of carbonyl (C=O) groups is 1. The fourth-order valence-corrected chi connectivity index (χ4v) is 3.42. The Labute approximate surface area is 142 Å². The third kappa shape index (κ3) is 4.61. The van der Waals surface area contributed by atoms with Crippen LogP contribution in [0.2, 0.25) is 0 Å². The number of ether oxygens (including phenoxy) is 1. The summed E-state index contributed by atoms with van der Waals surface area (Å²) in [5.74, 6) is 0.721. The zero-order chi connectivity index (χ0) is 16.7. The molecule has 2 rings (SSSR count). The summed E-state index contributed by atoms with van der Waals surface area (Å²) in [6, 6.07) is 9.59. The van der Waals surface area contributed by atoms with E-state index in [0.29, 0.717) is 12.2 Å². The molecule has 124 valence electrons. The molecule has 0 saturated heterocycles. The Morgan fingerprint density at radius 2 is 2.04 bits per heavy atom. The van der Waals surface area contributed by atoms with Gasteiger partial charge in [-0.25, -0.2) is 9.79 Å². The number of rotatable bonds is 6. The SMILES string of the molecule is CCCCSC1=N[C@H](c2ccccc2)C(C(=O)OCC)=C(C)N1. The van der Waals surface area contributed by atoms with Gasteiger partial charge in [-0.3, -0.25) is 0 Å². The first-order chi connectivity index (χ1) is 11.2. The molecule has 0 aliphatic carbocycles. The van der Waals surface area contributed by atoms with Crippen LogP contribution in [0.1, 0.15) is 45.2 Å². The quantitative estimate of drug-likeness (QED) is 0.630. The van der Waals surface area contributed by atoms with E-state index < -0.39 is 0 Å². The van der Waals surface area contributed by atoms with Crippen molar-refractivity contribution in [3.8, 4) is 0 Å². The first-order valence-electron chi connectivity index (χ1n) is 8.07. The van der Waals surface area contributed by atoms with Crippen LogP contribution < -0.4 is 5.32 Å². The van der Waals surface area contributed by atoms with E-state index in [1.165, 1.54) is 0 Å². The molecular weight excluding hydrogens is 308 g/mol. The Kier molecular flexibility index (Phi) is 6.71. The number of esters is 1. The highest BCUT2D eigenvalue weighted by Crippen LogP contribution is 2.32. The Bertz CT molecular complexity index is 596. The number of nitrogens with one attached hydrogen (secondary N) is 1. The molecule has 1 aliphatic heterocycles. The van der Waals surface area contributed by atoms with E-state index in [0.717, 1.165) is 35.0 Å². The van der Waals surface area contributed by atoms with Crippen molar-refractivity contribution in [2.75, 3.05) is 12.4 Å². The Morgan fingerprint density at radius 1 is 1.30 bits per heavy atom. The largest absolute Gasteiger partial charge is 0.463 e. The third-order valence-corrected chi connectivity index (χ3v) is 4.54. The number of hydrogen-bond donors (Lipinski definition) is 1. The molecule has 0 spiro atoms. The predicted octanol–water partition coefficient (Wildman–Crippen LogP) is 4.06. The average molecular weight is 332 g/mol. The van der Waals surface area contributed by atoms with Crippen LogP contribution in [0.15, 0.2) is 46.6 Å². The van der Waals surface area contributed by atoms with E-state index in [2.05, 4.69) is 12.2 Å². The number of thioether (sulfide) groups is 1. The van der Waals surface area contributed by atoms with Gasteiger partial charge in [0.1, 0.15) is 6.04 Å². The standard InChI is InChI=1S/C18H24N2O2S/c1-4-6-12-23-18-19-13(3)15(17(21)22-5-2)16(20-18)14-10-8-7-9-11-14/h7-11,16H,4-6,12H2,1-3H3,(H,19,20)/t16-/m1/s1. The minimum atomic E-state index is -0.305. The van der Waals surface area contributed by atoms with E-state index in [4.69, 9.17) is 9.73 Å². The van der Waals surface area contributed by atoms with Crippen LogP contribution in [-0.4, -0.2) is 23.5 Å². The van der Waals surface area contributed by atoms with Crippen LogP contribution in [0.3, 0.4) is 0 Å². The Morgan fingerprint density at radius 3 is 2.70 bits per heavy atom. The lowest BCUT2D eigenvalue weighted by atomic mass is 9.97. The van der Waals surface area contributed by atoms with Crippen molar-refractivity contribution in [3.05, 3.63) is 47.2 Å². The molecule has 0 saturated carbocycles. The van der Waals surface area contributed by atoms with E-state index in [1.54, 1.807) is 11.8 Å². The summed E-state index contributed by atoms with van der Waals surface area (Å²) in [4.78, 5) is 17.1. The van der Waals surface area contributed by atoms with Crippen LogP contribution in [-0.2, 0) is 9.53 Å². The number of carbonyl (C=O) groups excluding carboxylic acids is 1. The minimum Gasteiger partial charge on any atom is -0.463 e. The highest BCUT2D eigenvalue weighted by atomic mass is 32.2. The first kappa shape index (κ1) is 17.6. The number of allylic oxidation sites excluding steroid dienone is 1. The maximum absolute atomic E-state index is 12.4. The lowest BCUT2D eigenvalue weighted by Crippen LogP contribution is -2.30. The molecule has 0 fully saturated rings. The molecule has 0 radical (unpaired) electrons. The molecule has 1 atom stereocenters. The van der Waals surface area contributed by atoms with Crippen molar-refractivity contribution >= 4 is 22.9 Å². The summed E-state index contributed by atoms with van der Waals surface area (Å²) >= 11 is 1.70. The lowest BCUT2D eigenvalue weighted by molar-refractivity contribution is -0.138. The molecule has 0 unspecified atom stereocenters. The van der Waals surface area contributed by atoms with E-state index >= 15 is 0 Å². The van der Waals surface area contributed by atoms with E-state index in [-0.39, 0.29) is 12.0 Å². The summed E-state index contributed by atoms with van der Waals surface area (Å²) in [5, 5.41) is 4.13. The van der Waals surface area contributed by atoms with Gasteiger partial charge in [0.25, 0.3) is 0 Å². The van der Waals surface area contributed by atoms with Gasteiger partial charge in [-0.15, -0.1) is 0 Å². The minimum absolute atomic E-state index is 0.298. The maximum atomic E-state index is 12.4. The van der Waals surface area contributed by atoms with Crippen molar-refractivity contribution in [2.24, 2.45) is 4.99 Å². The second-order valence-corrected chi connectivity index (χ2v) is 6.42. The summed E-state index contributed by atoms with van der Waals surface area (Å²) in [5.41, 5.74) is 2.43. The van der Waals surface area contributed by atoms with Crippen molar-refractivity contribution in [2.45, 2.75) is 39.7 Å². The van der Waals surface area contributed by atoms with Crippen LogP contribution in [0.4, 0.5) is 0 Å². The number of unbranched alkanes of at least 4 members (excludes halogenated alkanes) is 1. The van der Waals surface area contributed by atoms with Crippen LogP contribution in [0.25, 0.3) is 0 Å². The Balaban J connectivity index is 2.30. The molecule has 1 heterocycles. The monoisotopic (exact) mass is 332 g/mol. The van der Waals surface area contributed by atoms with E-state index in [9.17, 15) is 4.79 Å². The van der Waals surface area contributed by atoms with Crippen molar-refractivity contribution < 1.29 is 9.53 Å². The molecule has 0 aromatic heterocycles. The summed E-state index contributed by atoms with van der Waals surface area (Å²) in [6.45, 7) is 6.26. The molecule has 5 heteroatoms. The summed E-state index contributed by atoms with van der Waals surface area (Å²) < 4.78 is 5.22. The average Bonchev–Trinajstić information content (AvgIpc) is 2.55. The van der Waals surface area contributed by atoms with Gasteiger partial charge in [0.05, 0.1) is 12.2 Å². The van der Waals surface area contributed by atoms with Gasteiger partial charge in [-0.1, -0.05) is 55.4 Å². The van der Waals surface area contributed by atoms with Crippen molar-refractivity contribution in [3.63, 3.8) is 0 Å². The molecule has 0 amide bonds. The number of aliphatic imine (C=N–C) groups is 1. The van der Waals surface area contributed by atoms with E-state index in [1.807, 2.05) is 44.2 Å². The normalized spacial score (nSPS) is 17.5. The summed E-state index contributed by atoms with van der Waals surface area (Å²) in [6.07, 6.45) is 2.31. The predicted molar refractivity (Wildman–Crippen MR) is 96.5 cm³/mol.